The van der Waals surface area contributed by atoms with E-state index in [1.54, 1.807) is 6.20 Å². The van der Waals surface area contributed by atoms with E-state index in [0.29, 0.717) is 10.6 Å². The third kappa shape index (κ3) is 2.05. The summed E-state index contributed by atoms with van der Waals surface area (Å²) in [6.45, 7) is 1.84. The van der Waals surface area contributed by atoms with Crippen molar-refractivity contribution in [1.29, 1.82) is 5.26 Å². The standard InChI is InChI=1S/C14H15ClN4/c15-11-3-4-12(19-5-1-2-10(17)8-19)14-13(11)9(6-16)7-18-14/h3-4,7,10,18H,1-2,5,8,17H2. The van der Waals surface area contributed by atoms with Crippen molar-refractivity contribution in [3.63, 3.8) is 0 Å². The molecule has 98 valence electrons. The number of hydrogen-bond donors (Lipinski definition) is 2. The minimum Gasteiger partial charge on any atom is -0.368 e. The molecule has 3 N–H and O–H groups in total. The van der Waals surface area contributed by atoms with E-state index in [1.807, 2.05) is 12.1 Å². The number of aromatic amines is 1. The molecule has 1 aromatic carbocycles. The largest absolute Gasteiger partial charge is 0.368 e. The lowest BCUT2D eigenvalue weighted by molar-refractivity contribution is 0.507. The van der Waals surface area contributed by atoms with Gasteiger partial charge in [-0.25, -0.2) is 0 Å². The van der Waals surface area contributed by atoms with Gasteiger partial charge in [0, 0.05) is 30.7 Å². The number of piperidine rings is 1. The Kier molecular flexibility index (Phi) is 3.09. The first-order valence-corrected chi connectivity index (χ1v) is 6.78. The molecule has 1 saturated heterocycles. The summed E-state index contributed by atoms with van der Waals surface area (Å²) in [5, 5.41) is 10.5. The van der Waals surface area contributed by atoms with Gasteiger partial charge in [0.2, 0.25) is 0 Å². The number of nitrogens with one attached hydrogen (secondary N) is 1. The normalized spacial score (nSPS) is 19.6. The Morgan fingerprint density at radius 1 is 1.47 bits per heavy atom. The van der Waals surface area contributed by atoms with E-state index in [4.69, 9.17) is 22.6 Å². The molecule has 1 aliphatic rings. The molecule has 1 unspecified atom stereocenters. The SMILES string of the molecule is N#Cc1c[nH]c2c(N3CCCC(N)C3)ccc(Cl)c12. The maximum Gasteiger partial charge on any atom is 0.101 e. The van der Waals surface area contributed by atoms with Gasteiger partial charge < -0.3 is 15.6 Å². The highest BCUT2D eigenvalue weighted by Gasteiger charge is 2.20. The molecule has 0 bridgehead atoms. The Morgan fingerprint density at radius 3 is 3.05 bits per heavy atom. The molecule has 19 heavy (non-hydrogen) atoms. The Labute approximate surface area is 116 Å². The third-order valence-electron chi connectivity index (χ3n) is 3.68. The van der Waals surface area contributed by atoms with Gasteiger partial charge in [0.25, 0.3) is 0 Å². The van der Waals surface area contributed by atoms with Crippen LogP contribution in [0.25, 0.3) is 10.9 Å². The fraction of sp³-hybridized carbons (Fsp3) is 0.357. The maximum absolute atomic E-state index is 9.13. The number of fused-ring (bicyclic) bond motifs is 1. The van der Waals surface area contributed by atoms with Crippen LogP contribution >= 0.6 is 11.6 Å². The van der Waals surface area contributed by atoms with Crippen molar-refractivity contribution in [2.45, 2.75) is 18.9 Å². The summed E-state index contributed by atoms with van der Waals surface area (Å²) < 4.78 is 0. The number of benzene rings is 1. The molecule has 0 aliphatic carbocycles. The van der Waals surface area contributed by atoms with Gasteiger partial charge in [0.1, 0.15) is 6.07 Å². The molecule has 5 heteroatoms. The fourth-order valence-corrected chi connectivity index (χ4v) is 3.03. The number of nitriles is 1. The number of rotatable bonds is 1. The van der Waals surface area contributed by atoms with Crippen LogP contribution in [0.1, 0.15) is 18.4 Å². The van der Waals surface area contributed by atoms with Crippen molar-refractivity contribution >= 4 is 28.2 Å². The van der Waals surface area contributed by atoms with Crippen LogP contribution in [-0.2, 0) is 0 Å². The highest BCUT2D eigenvalue weighted by Crippen LogP contribution is 2.34. The first-order valence-electron chi connectivity index (χ1n) is 6.41. The number of H-pyrrole nitrogens is 1. The number of hydrogen-bond acceptors (Lipinski definition) is 3. The Balaban J connectivity index is 2.12. The van der Waals surface area contributed by atoms with E-state index in [9.17, 15) is 0 Å². The quantitative estimate of drug-likeness (QED) is 0.840. The van der Waals surface area contributed by atoms with Crippen LogP contribution in [0.5, 0.6) is 0 Å². The predicted octanol–water partition coefficient (Wildman–Crippen LogP) is 2.62. The third-order valence-corrected chi connectivity index (χ3v) is 4.00. The van der Waals surface area contributed by atoms with Crippen LogP contribution in [0.4, 0.5) is 5.69 Å². The van der Waals surface area contributed by atoms with Crippen LogP contribution in [0.2, 0.25) is 5.02 Å². The number of halogens is 1. The van der Waals surface area contributed by atoms with Crippen LogP contribution < -0.4 is 10.6 Å². The molecular formula is C14H15ClN4. The maximum atomic E-state index is 9.13. The molecule has 2 heterocycles. The van der Waals surface area contributed by atoms with E-state index < -0.39 is 0 Å². The van der Waals surface area contributed by atoms with Gasteiger partial charge in [0.05, 0.1) is 21.8 Å². The zero-order chi connectivity index (χ0) is 13.4. The lowest BCUT2D eigenvalue weighted by Gasteiger charge is -2.33. The summed E-state index contributed by atoms with van der Waals surface area (Å²) in [5.74, 6) is 0. The highest BCUT2D eigenvalue weighted by molar-refractivity contribution is 6.36. The van der Waals surface area contributed by atoms with E-state index in [0.717, 1.165) is 42.5 Å². The smallest absolute Gasteiger partial charge is 0.101 e. The van der Waals surface area contributed by atoms with Crippen LogP contribution in [0, 0.1) is 11.3 Å². The molecular weight excluding hydrogens is 260 g/mol. The van der Waals surface area contributed by atoms with Crippen molar-refractivity contribution in [2.24, 2.45) is 5.73 Å². The molecule has 0 radical (unpaired) electrons. The molecule has 0 amide bonds. The van der Waals surface area contributed by atoms with Gasteiger partial charge in [-0.2, -0.15) is 5.26 Å². The zero-order valence-electron chi connectivity index (χ0n) is 10.5. The number of aromatic nitrogens is 1. The van der Waals surface area contributed by atoms with E-state index in [1.165, 1.54) is 0 Å². The molecule has 1 aliphatic heterocycles. The van der Waals surface area contributed by atoms with Crippen LogP contribution in [0.3, 0.4) is 0 Å². The fourth-order valence-electron chi connectivity index (χ4n) is 2.77. The average Bonchev–Trinajstić information content (AvgIpc) is 2.84. The van der Waals surface area contributed by atoms with Crippen molar-refractivity contribution in [1.82, 2.24) is 4.98 Å². The summed E-state index contributed by atoms with van der Waals surface area (Å²) in [7, 11) is 0. The lowest BCUT2D eigenvalue weighted by Crippen LogP contribution is -2.42. The van der Waals surface area contributed by atoms with Gasteiger partial charge >= 0.3 is 0 Å². The first kappa shape index (κ1) is 12.3. The zero-order valence-corrected chi connectivity index (χ0v) is 11.2. The number of anilines is 1. The number of nitrogens with zero attached hydrogens (tertiary/aromatic N) is 2. The minimum absolute atomic E-state index is 0.213. The second-order valence-electron chi connectivity index (χ2n) is 4.98. The van der Waals surface area contributed by atoms with Crippen molar-refractivity contribution in [2.75, 3.05) is 18.0 Å². The molecule has 0 saturated carbocycles. The molecule has 1 atom stereocenters. The number of nitrogens with two attached hydrogens (primary N) is 1. The van der Waals surface area contributed by atoms with E-state index in [-0.39, 0.29) is 6.04 Å². The first-order chi connectivity index (χ1) is 9.20. The van der Waals surface area contributed by atoms with Crippen LogP contribution in [-0.4, -0.2) is 24.1 Å². The highest BCUT2D eigenvalue weighted by atomic mass is 35.5. The van der Waals surface area contributed by atoms with Gasteiger partial charge in [-0.05, 0) is 25.0 Å². The van der Waals surface area contributed by atoms with Gasteiger partial charge in [-0.1, -0.05) is 11.6 Å². The van der Waals surface area contributed by atoms with Crippen LogP contribution in [0.15, 0.2) is 18.3 Å². The minimum atomic E-state index is 0.213. The molecule has 2 aromatic rings. The van der Waals surface area contributed by atoms with E-state index in [2.05, 4.69) is 16.0 Å². The lowest BCUT2D eigenvalue weighted by atomic mass is 10.0. The Bertz CT molecular complexity index is 655. The topological polar surface area (TPSA) is 68.8 Å². The predicted molar refractivity (Wildman–Crippen MR) is 77.4 cm³/mol. The Morgan fingerprint density at radius 2 is 2.32 bits per heavy atom. The molecule has 1 fully saturated rings. The molecule has 3 rings (SSSR count). The second-order valence-corrected chi connectivity index (χ2v) is 5.39. The summed E-state index contributed by atoms with van der Waals surface area (Å²) in [6.07, 6.45) is 3.88. The van der Waals surface area contributed by atoms with Gasteiger partial charge in [-0.15, -0.1) is 0 Å². The summed E-state index contributed by atoms with van der Waals surface area (Å²) >= 11 is 6.21. The molecule has 1 aromatic heterocycles. The second kappa shape index (κ2) is 4.76. The monoisotopic (exact) mass is 274 g/mol. The average molecular weight is 275 g/mol. The van der Waals surface area contributed by atoms with Gasteiger partial charge in [-0.3, -0.25) is 0 Å². The summed E-state index contributed by atoms with van der Waals surface area (Å²) in [5.41, 5.74) is 8.63. The van der Waals surface area contributed by atoms with Gasteiger partial charge in [0.15, 0.2) is 0 Å². The van der Waals surface area contributed by atoms with Crippen molar-refractivity contribution < 1.29 is 0 Å². The summed E-state index contributed by atoms with van der Waals surface area (Å²) in [6, 6.07) is 6.24. The molecule has 4 nitrogen and oxygen atoms in total. The van der Waals surface area contributed by atoms with E-state index >= 15 is 0 Å². The van der Waals surface area contributed by atoms with Crippen molar-refractivity contribution in [3.8, 4) is 6.07 Å². The van der Waals surface area contributed by atoms with Crippen molar-refractivity contribution in [3.05, 3.63) is 28.9 Å². The molecule has 0 spiro atoms. The Hall–Kier alpha value is -1.70. The summed E-state index contributed by atoms with van der Waals surface area (Å²) in [4.78, 5) is 5.44.